The summed E-state index contributed by atoms with van der Waals surface area (Å²) in [6.07, 6.45) is -0.494. The third-order valence-electron chi connectivity index (χ3n) is 3.13. The molecule has 0 aromatic carbocycles. The maximum Gasteiger partial charge on any atom is 0.330 e. The van der Waals surface area contributed by atoms with Crippen LogP contribution < -0.4 is 11.2 Å². The van der Waals surface area contributed by atoms with Crippen LogP contribution in [0.2, 0.25) is 0 Å². The van der Waals surface area contributed by atoms with E-state index in [1.54, 1.807) is 13.0 Å². The van der Waals surface area contributed by atoms with E-state index in [4.69, 9.17) is 9.84 Å². The molecule has 4 atom stereocenters. The molecule has 1 aromatic heterocycles. The Bertz CT molecular complexity index is 619. The molecule has 1 aromatic rings. The molecule has 0 aliphatic carbocycles. The molecule has 110 valence electrons. The van der Waals surface area contributed by atoms with Gasteiger partial charge in [-0.2, -0.15) is 0 Å². The third-order valence-corrected chi connectivity index (χ3v) is 3.13. The van der Waals surface area contributed by atoms with E-state index in [9.17, 15) is 19.8 Å². The van der Waals surface area contributed by atoms with Crippen LogP contribution in [0.4, 0.5) is 0 Å². The quantitative estimate of drug-likeness (QED) is 0.518. The van der Waals surface area contributed by atoms with E-state index in [-0.39, 0.29) is 5.56 Å². The zero-order valence-electron chi connectivity index (χ0n) is 10.8. The number of aromatic amines is 1. The van der Waals surface area contributed by atoms with Crippen LogP contribution in [0, 0.1) is 0 Å². The molecule has 1 aliphatic heterocycles. The number of aliphatic hydroxyl groups excluding tert-OH is 3. The van der Waals surface area contributed by atoms with Crippen LogP contribution in [0.3, 0.4) is 0 Å². The predicted octanol–water partition coefficient (Wildman–Crippen LogP) is -1.82. The number of rotatable bonds is 3. The highest BCUT2D eigenvalue weighted by atomic mass is 16.6. The molecular weight excluding hydrogens is 268 g/mol. The van der Waals surface area contributed by atoms with Gasteiger partial charge in [0.05, 0.1) is 12.2 Å². The molecule has 0 radical (unpaired) electrons. The van der Waals surface area contributed by atoms with Crippen LogP contribution in [0.1, 0.15) is 18.7 Å². The first-order valence-corrected chi connectivity index (χ1v) is 6.10. The molecule has 20 heavy (non-hydrogen) atoms. The molecule has 0 unspecified atom stereocenters. The molecule has 8 nitrogen and oxygen atoms in total. The zero-order valence-corrected chi connectivity index (χ0v) is 10.8. The van der Waals surface area contributed by atoms with Crippen LogP contribution in [0.25, 0.3) is 6.08 Å². The van der Waals surface area contributed by atoms with Gasteiger partial charge in [0.15, 0.2) is 6.23 Å². The molecule has 1 saturated heterocycles. The third kappa shape index (κ3) is 2.46. The molecule has 0 spiro atoms. The van der Waals surface area contributed by atoms with Crippen molar-refractivity contribution >= 4 is 6.08 Å². The maximum absolute atomic E-state index is 11.8. The summed E-state index contributed by atoms with van der Waals surface area (Å²) in [7, 11) is 0. The number of allylic oxidation sites excluding steroid dienone is 1. The van der Waals surface area contributed by atoms with Crippen LogP contribution in [-0.2, 0) is 4.74 Å². The average Bonchev–Trinajstić information content (AvgIpc) is 2.70. The zero-order chi connectivity index (χ0) is 14.9. The number of hydrogen-bond donors (Lipinski definition) is 4. The number of aliphatic hydroxyl groups is 3. The van der Waals surface area contributed by atoms with E-state index < -0.39 is 42.4 Å². The van der Waals surface area contributed by atoms with Gasteiger partial charge in [-0.05, 0) is 6.92 Å². The normalized spacial score (nSPS) is 30.2. The number of nitrogens with one attached hydrogen (secondary N) is 1. The Morgan fingerprint density at radius 3 is 2.65 bits per heavy atom. The van der Waals surface area contributed by atoms with E-state index in [1.807, 2.05) is 0 Å². The molecule has 0 bridgehead atoms. The Morgan fingerprint density at radius 1 is 1.40 bits per heavy atom. The summed E-state index contributed by atoms with van der Waals surface area (Å²) in [6.45, 7) is 1.22. The lowest BCUT2D eigenvalue weighted by Crippen LogP contribution is -2.38. The van der Waals surface area contributed by atoms with Crippen LogP contribution in [-0.4, -0.2) is 49.8 Å². The average molecular weight is 284 g/mol. The Balaban J connectivity index is 2.46. The fourth-order valence-electron chi connectivity index (χ4n) is 2.10. The van der Waals surface area contributed by atoms with Crippen molar-refractivity contribution in [2.24, 2.45) is 0 Å². The topological polar surface area (TPSA) is 125 Å². The van der Waals surface area contributed by atoms with Gasteiger partial charge in [0.1, 0.15) is 18.3 Å². The maximum atomic E-state index is 11.8. The summed E-state index contributed by atoms with van der Waals surface area (Å²) in [4.78, 5) is 25.4. The summed E-state index contributed by atoms with van der Waals surface area (Å²) in [5, 5.41) is 28.6. The number of nitrogens with zero attached hydrogens (tertiary/aromatic N) is 1. The fraction of sp³-hybridized carbons (Fsp3) is 0.500. The number of H-pyrrole nitrogens is 1. The van der Waals surface area contributed by atoms with Gasteiger partial charge in [-0.3, -0.25) is 14.3 Å². The van der Waals surface area contributed by atoms with Gasteiger partial charge in [0, 0.05) is 6.20 Å². The largest absolute Gasteiger partial charge is 0.394 e. The van der Waals surface area contributed by atoms with Crippen LogP contribution in [0.5, 0.6) is 0 Å². The molecule has 8 heteroatoms. The molecular formula is C12H16N2O6. The van der Waals surface area contributed by atoms with Gasteiger partial charge in [-0.25, -0.2) is 4.79 Å². The highest BCUT2D eigenvalue weighted by Gasteiger charge is 2.43. The molecule has 2 rings (SSSR count). The van der Waals surface area contributed by atoms with Gasteiger partial charge >= 0.3 is 5.69 Å². The second-order valence-electron chi connectivity index (χ2n) is 4.48. The van der Waals surface area contributed by atoms with Gasteiger partial charge in [0.2, 0.25) is 0 Å². The summed E-state index contributed by atoms with van der Waals surface area (Å²) < 4.78 is 6.23. The standard InChI is InChI=1S/C12H16N2O6/c1-2-3-6-4-14(12(19)13-10(6)18)11-9(17)8(16)7(5-15)20-11/h2-4,7-9,11,15-17H,5H2,1H3,(H,13,18,19)/t7-,8-,9+,11-/m1/s1. The summed E-state index contributed by atoms with van der Waals surface area (Å²) >= 11 is 0. The summed E-state index contributed by atoms with van der Waals surface area (Å²) in [5.74, 6) is 0. The van der Waals surface area contributed by atoms with Gasteiger partial charge in [-0.1, -0.05) is 12.2 Å². The van der Waals surface area contributed by atoms with E-state index in [2.05, 4.69) is 4.98 Å². The minimum atomic E-state index is -1.38. The lowest BCUT2D eigenvalue weighted by atomic mass is 10.1. The van der Waals surface area contributed by atoms with Gasteiger partial charge in [-0.15, -0.1) is 0 Å². The fourth-order valence-corrected chi connectivity index (χ4v) is 2.10. The summed E-state index contributed by atoms with van der Waals surface area (Å²) in [6, 6.07) is 0. The second kappa shape index (κ2) is 5.71. The monoisotopic (exact) mass is 284 g/mol. The molecule has 4 N–H and O–H groups in total. The van der Waals surface area contributed by atoms with Crippen molar-refractivity contribution in [3.8, 4) is 0 Å². The van der Waals surface area contributed by atoms with Crippen molar-refractivity contribution in [2.75, 3.05) is 6.61 Å². The molecule has 0 amide bonds. The first-order valence-electron chi connectivity index (χ1n) is 6.10. The van der Waals surface area contributed by atoms with Crippen molar-refractivity contribution < 1.29 is 20.1 Å². The molecule has 2 heterocycles. The highest BCUT2D eigenvalue weighted by molar-refractivity contribution is 5.45. The minimum absolute atomic E-state index is 0.213. The Labute approximate surface area is 113 Å². The van der Waals surface area contributed by atoms with E-state index in [0.717, 1.165) is 4.57 Å². The molecule has 0 saturated carbocycles. The van der Waals surface area contributed by atoms with Gasteiger partial charge in [0.25, 0.3) is 5.56 Å². The SMILES string of the molecule is CC=Cc1cn([C@@H]2O[C@H](CO)[C@@H](O)[C@@H]2O)c(=O)[nH]c1=O. The first kappa shape index (κ1) is 14.7. The Kier molecular flexibility index (Phi) is 4.19. The number of aromatic nitrogens is 2. The Morgan fingerprint density at radius 2 is 2.10 bits per heavy atom. The van der Waals surface area contributed by atoms with Crippen LogP contribution in [0.15, 0.2) is 21.9 Å². The highest BCUT2D eigenvalue weighted by Crippen LogP contribution is 2.27. The first-order chi connectivity index (χ1) is 9.49. The lowest BCUT2D eigenvalue weighted by Gasteiger charge is -2.17. The van der Waals surface area contributed by atoms with Crippen molar-refractivity contribution in [3.63, 3.8) is 0 Å². The molecule has 1 fully saturated rings. The van der Waals surface area contributed by atoms with Crippen LogP contribution >= 0.6 is 0 Å². The summed E-state index contributed by atoms with van der Waals surface area (Å²) in [5.41, 5.74) is -1.11. The number of hydrogen-bond acceptors (Lipinski definition) is 6. The van der Waals surface area contributed by atoms with E-state index >= 15 is 0 Å². The molecule has 1 aliphatic rings. The van der Waals surface area contributed by atoms with Crippen molar-refractivity contribution in [1.29, 1.82) is 0 Å². The second-order valence-corrected chi connectivity index (χ2v) is 4.48. The van der Waals surface area contributed by atoms with Gasteiger partial charge < -0.3 is 20.1 Å². The Hall–Kier alpha value is -1.74. The minimum Gasteiger partial charge on any atom is -0.394 e. The van der Waals surface area contributed by atoms with Crippen molar-refractivity contribution in [3.05, 3.63) is 38.7 Å². The predicted molar refractivity (Wildman–Crippen MR) is 69.0 cm³/mol. The van der Waals surface area contributed by atoms with Crippen molar-refractivity contribution in [2.45, 2.75) is 31.5 Å². The lowest BCUT2D eigenvalue weighted by molar-refractivity contribution is -0.0550. The number of ether oxygens (including phenoxy) is 1. The van der Waals surface area contributed by atoms with E-state index in [1.165, 1.54) is 12.3 Å². The van der Waals surface area contributed by atoms with E-state index in [0.29, 0.717) is 0 Å². The van der Waals surface area contributed by atoms with Crippen molar-refractivity contribution in [1.82, 2.24) is 9.55 Å². The smallest absolute Gasteiger partial charge is 0.330 e.